The van der Waals surface area contributed by atoms with E-state index in [-0.39, 0.29) is 17.2 Å². The monoisotopic (exact) mass is 506 g/mol. The second-order valence-corrected chi connectivity index (χ2v) is 10.2. The number of benzene rings is 2. The number of hydrogen-bond donors (Lipinski definition) is 0. The Kier molecular flexibility index (Phi) is 6.71. The number of fused-ring (bicyclic) bond motifs is 1. The van der Waals surface area contributed by atoms with Crippen LogP contribution >= 0.6 is 11.8 Å². The zero-order chi connectivity index (χ0) is 25.4. The first-order valence-corrected chi connectivity index (χ1v) is 12.8. The number of thioether (sulfide) groups is 1. The minimum absolute atomic E-state index is 0.0843. The van der Waals surface area contributed by atoms with Crippen LogP contribution in [0.1, 0.15) is 43.4 Å². The molecule has 2 unspecified atom stereocenters. The summed E-state index contributed by atoms with van der Waals surface area (Å²) >= 11 is 1.52. The lowest BCUT2D eigenvalue weighted by Crippen LogP contribution is -2.39. The first-order valence-electron chi connectivity index (χ1n) is 11.9. The van der Waals surface area contributed by atoms with E-state index in [0.29, 0.717) is 23.0 Å². The first-order chi connectivity index (χ1) is 17.5. The van der Waals surface area contributed by atoms with E-state index in [0.717, 1.165) is 52.4 Å². The summed E-state index contributed by atoms with van der Waals surface area (Å²) in [4.78, 5) is 20.2. The number of amides is 1. The van der Waals surface area contributed by atoms with Gasteiger partial charge in [0.05, 0.1) is 45.4 Å². The Labute approximate surface area is 215 Å². The molecule has 2 aromatic rings. The molecular weight excluding hydrogens is 476 g/mol. The van der Waals surface area contributed by atoms with E-state index in [2.05, 4.69) is 6.08 Å². The number of rotatable bonds is 6. The summed E-state index contributed by atoms with van der Waals surface area (Å²) in [7, 11) is 6.52. The normalized spacial score (nSPS) is 22.2. The third-order valence-corrected chi connectivity index (χ3v) is 7.90. The van der Waals surface area contributed by atoms with Crippen LogP contribution in [0.25, 0.3) is 6.08 Å². The predicted molar refractivity (Wildman–Crippen MR) is 142 cm³/mol. The number of hydrogen-bond acceptors (Lipinski definition) is 7. The van der Waals surface area contributed by atoms with Crippen LogP contribution in [-0.2, 0) is 4.79 Å². The molecule has 36 heavy (non-hydrogen) atoms. The number of carbonyl (C=O) groups is 1. The fourth-order valence-corrected chi connectivity index (χ4v) is 6.09. The minimum Gasteiger partial charge on any atom is -0.493 e. The van der Waals surface area contributed by atoms with Crippen molar-refractivity contribution in [2.45, 2.75) is 37.5 Å². The zero-order valence-electron chi connectivity index (χ0n) is 21.2. The van der Waals surface area contributed by atoms with Crippen molar-refractivity contribution in [3.05, 3.63) is 64.4 Å². The molecule has 1 saturated heterocycles. The molecular formula is C28H30N2O5S. The number of ether oxygens (including phenoxy) is 4. The van der Waals surface area contributed by atoms with Gasteiger partial charge in [-0.25, -0.2) is 4.99 Å². The van der Waals surface area contributed by atoms with Crippen molar-refractivity contribution in [3.63, 3.8) is 0 Å². The summed E-state index contributed by atoms with van der Waals surface area (Å²) in [5, 5.41) is 0.581. The fraction of sp³-hybridized carbons (Fsp3) is 0.357. The average Bonchev–Trinajstić information content (AvgIpc) is 3.19. The molecule has 2 heterocycles. The van der Waals surface area contributed by atoms with Gasteiger partial charge in [0.2, 0.25) is 5.91 Å². The van der Waals surface area contributed by atoms with Crippen molar-refractivity contribution < 1.29 is 23.7 Å². The molecule has 188 valence electrons. The number of methoxy groups -OCH3 is 4. The molecule has 2 aliphatic heterocycles. The Morgan fingerprint density at radius 2 is 1.58 bits per heavy atom. The maximum atomic E-state index is 13.3. The molecule has 8 heteroatoms. The number of nitrogens with zero attached hydrogens (tertiary/aromatic N) is 2. The van der Waals surface area contributed by atoms with Crippen molar-refractivity contribution in [2.24, 2.45) is 4.99 Å². The Morgan fingerprint density at radius 3 is 2.28 bits per heavy atom. The van der Waals surface area contributed by atoms with Crippen LogP contribution in [0.15, 0.2) is 58.2 Å². The summed E-state index contributed by atoms with van der Waals surface area (Å²) < 4.78 is 21.9. The maximum absolute atomic E-state index is 13.3. The van der Waals surface area contributed by atoms with Crippen molar-refractivity contribution in [1.82, 2.24) is 4.90 Å². The highest BCUT2D eigenvalue weighted by Crippen LogP contribution is 2.49. The second kappa shape index (κ2) is 9.93. The van der Waals surface area contributed by atoms with Crippen LogP contribution in [0.3, 0.4) is 0 Å². The van der Waals surface area contributed by atoms with Gasteiger partial charge in [0, 0.05) is 0 Å². The molecule has 0 aromatic heterocycles. The van der Waals surface area contributed by atoms with Gasteiger partial charge >= 0.3 is 0 Å². The topological polar surface area (TPSA) is 69.6 Å². The maximum Gasteiger partial charge on any atom is 0.242 e. The molecule has 3 aliphatic rings. The lowest BCUT2D eigenvalue weighted by molar-refractivity contribution is -0.127. The number of allylic oxidation sites excluding steroid dienone is 1. The molecule has 1 amide bonds. The van der Waals surface area contributed by atoms with Crippen LogP contribution < -0.4 is 18.9 Å². The van der Waals surface area contributed by atoms with Gasteiger partial charge in [-0.2, -0.15) is 0 Å². The average molecular weight is 507 g/mol. The SMILES string of the molecule is COc1ccc(/C=C2\CCCC3=C2N=C2SC(C)C(=O)N2C3c2ccc(OC)c(OC)c2)cc1OC. The van der Waals surface area contributed by atoms with Crippen molar-refractivity contribution in [1.29, 1.82) is 0 Å². The first kappa shape index (κ1) is 24.3. The fourth-order valence-electron chi connectivity index (χ4n) is 5.10. The van der Waals surface area contributed by atoms with Gasteiger partial charge in [0.1, 0.15) is 0 Å². The quantitative estimate of drug-likeness (QED) is 0.507. The van der Waals surface area contributed by atoms with Gasteiger partial charge in [0.25, 0.3) is 0 Å². The van der Waals surface area contributed by atoms with Crippen molar-refractivity contribution in [2.75, 3.05) is 28.4 Å². The molecule has 0 spiro atoms. The lowest BCUT2D eigenvalue weighted by Gasteiger charge is -2.37. The van der Waals surface area contributed by atoms with Crippen molar-refractivity contribution >= 4 is 28.9 Å². The van der Waals surface area contributed by atoms with E-state index in [4.69, 9.17) is 23.9 Å². The van der Waals surface area contributed by atoms with Crippen molar-refractivity contribution in [3.8, 4) is 23.0 Å². The van der Waals surface area contributed by atoms with E-state index in [1.165, 1.54) is 11.8 Å². The highest BCUT2D eigenvalue weighted by molar-refractivity contribution is 8.15. The van der Waals surface area contributed by atoms with E-state index >= 15 is 0 Å². The molecule has 0 saturated carbocycles. The van der Waals surface area contributed by atoms with Crippen LogP contribution in [0.5, 0.6) is 23.0 Å². The highest BCUT2D eigenvalue weighted by atomic mass is 32.2. The Morgan fingerprint density at radius 1 is 0.917 bits per heavy atom. The molecule has 0 bridgehead atoms. The van der Waals surface area contributed by atoms with Crippen LogP contribution in [0.2, 0.25) is 0 Å². The van der Waals surface area contributed by atoms with E-state index in [1.807, 2.05) is 48.2 Å². The van der Waals surface area contributed by atoms with Gasteiger partial charge in [-0.1, -0.05) is 23.9 Å². The molecule has 2 aromatic carbocycles. The van der Waals surface area contributed by atoms with E-state index < -0.39 is 0 Å². The summed E-state index contributed by atoms with van der Waals surface area (Å²) in [6, 6.07) is 11.6. The molecule has 7 nitrogen and oxygen atoms in total. The minimum atomic E-state index is -0.230. The largest absolute Gasteiger partial charge is 0.493 e. The molecule has 5 rings (SSSR count). The van der Waals surface area contributed by atoms with Crippen LogP contribution in [-0.4, -0.2) is 49.7 Å². The van der Waals surface area contributed by atoms with Crippen LogP contribution in [0.4, 0.5) is 0 Å². The molecule has 0 N–H and O–H groups in total. The number of carbonyl (C=O) groups excluding carboxylic acids is 1. The molecule has 0 radical (unpaired) electrons. The summed E-state index contributed by atoms with van der Waals surface area (Å²) in [6.45, 7) is 1.94. The van der Waals surface area contributed by atoms with E-state index in [1.54, 1.807) is 28.4 Å². The Balaban J connectivity index is 1.64. The molecule has 1 fully saturated rings. The Hall–Kier alpha value is -3.39. The summed E-state index contributed by atoms with van der Waals surface area (Å²) in [6.07, 6.45) is 4.94. The standard InChI is InChI=1S/C28H30N2O5S/c1-16-27(31)30-26(19-10-12-22(33-3)24(15-19)35-5)20-8-6-7-18(25(20)29-28(30)36-16)13-17-9-11-21(32-2)23(14-17)34-4/h9-16,26H,6-8H2,1-5H3/b18-13+. The third kappa shape index (κ3) is 4.13. The van der Waals surface area contributed by atoms with Gasteiger partial charge in [-0.15, -0.1) is 0 Å². The summed E-state index contributed by atoms with van der Waals surface area (Å²) in [5.41, 5.74) is 5.31. The number of amidine groups is 1. The van der Waals surface area contributed by atoms with Gasteiger partial charge in [-0.3, -0.25) is 9.69 Å². The van der Waals surface area contributed by atoms with E-state index in [9.17, 15) is 4.79 Å². The third-order valence-electron chi connectivity index (χ3n) is 6.84. The Bertz CT molecular complexity index is 1300. The number of aliphatic imine (C=N–C) groups is 1. The lowest BCUT2D eigenvalue weighted by atomic mass is 9.83. The van der Waals surface area contributed by atoms with Gasteiger partial charge < -0.3 is 18.9 Å². The zero-order valence-corrected chi connectivity index (χ0v) is 22.0. The van der Waals surface area contributed by atoms with Gasteiger partial charge in [0.15, 0.2) is 28.2 Å². The summed E-state index contributed by atoms with van der Waals surface area (Å²) in [5.74, 6) is 2.77. The molecule has 1 aliphatic carbocycles. The van der Waals surface area contributed by atoms with Crippen LogP contribution in [0, 0.1) is 0 Å². The highest BCUT2D eigenvalue weighted by Gasteiger charge is 2.45. The smallest absolute Gasteiger partial charge is 0.242 e. The molecule has 2 atom stereocenters. The predicted octanol–water partition coefficient (Wildman–Crippen LogP) is 5.62. The van der Waals surface area contributed by atoms with Gasteiger partial charge in [-0.05, 0) is 78.8 Å². The second-order valence-electron chi connectivity index (χ2n) is 8.89.